The van der Waals surface area contributed by atoms with Crippen molar-refractivity contribution in [3.63, 3.8) is 0 Å². The van der Waals surface area contributed by atoms with E-state index < -0.39 is 0 Å². The first-order chi connectivity index (χ1) is 7.50. The zero-order valence-corrected chi connectivity index (χ0v) is 10.3. The van der Waals surface area contributed by atoms with Gasteiger partial charge in [-0.05, 0) is 38.5 Å². The smallest absolute Gasteiger partial charge is 0.0694 e. The molecule has 1 aromatic carbocycles. The predicted molar refractivity (Wildman–Crippen MR) is 67.8 cm³/mol. The number of anilines is 2. The normalized spacial score (nSPS) is 19.8. The van der Waals surface area contributed by atoms with E-state index in [0.29, 0.717) is 0 Å². The summed E-state index contributed by atoms with van der Waals surface area (Å²) in [6, 6.07) is 6.25. The summed E-state index contributed by atoms with van der Waals surface area (Å²) in [4.78, 5) is 2.34. The monoisotopic (exact) mass is 220 g/mol. The number of hydrogen-bond acceptors (Lipinski definition) is 3. The molecule has 1 saturated heterocycles. The summed E-state index contributed by atoms with van der Waals surface area (Å²) < 4.78 is 5.52. The van der Waals surface area contributed by atoms with E-state index in [1.54, 1.807) is 0 Å². The van der Waals surface area contributed by atoms with E-state index in [1.165, 1.54) is 5.56 Å². The molecular formula is C13H20N2O. The molecule has 0 radical (unpaired) electrons. The molecule has 0 unspecified atom stereocenters. The van der Waals surface area contributed by atoms with Crippen LogP contribution in [0.4, 0.5) is 11.4 Å². The summed E-state index contributed by atoms with van der Waals surface area (Å²) in [7, 11) is 0. The van der Waals surface area contributed by atoms with Crippen LogP contribution in [-0.2, 0) is 4.74 Å². The Morgan fingerprint density at radius 3 is 2.75 bits per heavy atom. The lowest BCUT2D eigenvalue weighted by molar-refractivity contribution is 0.0645. The first kappa shape index (κ1) is 11.3. The third kappa shape index (κ3) is 2.00. The Kier molecular flexibility index (Phi) is 2.80. The first-order valence-corrected chi connectivity index (χ1v) is 5.72. The van der Waals surface area contributed by atoms with Gasteiger partial charge < -0.3 is 15.4 Å². The summed E-state index contributed by atoms with van der Waals surface area (Å²) in [5.74, 6) is 0. The molecule has 0 saturated carbocycles. The van der Waals surface area contributed by atoms with Gasteiger partial charge in [0.05, 0.1) is 30.1 Å². The number of nitrogens with two attached hydrogens (primary N) is 1. The van der Waals surface area contributed by atoms with E-state index in [2.05, 4.69) is 37.8 Å². The maximum Gasteiger partial charge on any atom is 0.0694 e. The average Bonchev–Trinajstić information content (AvgIpc) is 2.19. The van der Waals surface area contributed by atoms with Gasteiger partial charge in [0.2, 0.25) is 0 Å². The van der Waals surface area contributed by atoms with Crippen LogP contribution in [0, 0.1) is 6.92 Å². The maximum atomic E-state index is 6.09. The second-order valence-corrected chi connectivity index (χ2v) is 5.08. The van der Waals surface area contributed by atoms with Crippen molar-refractivity contribution in [2.75, 3.05) is 30.4 Å². The van der Waals surface area contributed by atoms with Crippen LogP contribution < -0.4 is 10.6 Å². The van der Waals surface area contributed by atoms with Gasteiger partial charge in [-0.1, -0.05) is 6.07 Å². The highest BCUT2D eigenvalue weighted by molar-refractivity contribution is 5.69. The van der Waals surface area contributed by atoms with Gasteiger partial charge in [-0.3, -0.25) is 0 Å². The molecule has 1 aliphatic heterocycles. The predicted octanol–water partition coefficient (Wildman–Crippen LogP) is 2.19. The van der Waals surface area contributed by atoms with Gasteiger partial charge in [0, 0.05) is 6.54 Å². The van der Waals surface area contributed by atoms with Crippen LogP contribution in [-0.4, -0.2) is 25.3 Å². The minimum Gasteiger partial charge on any atom is -0.397 e. The number of aryl methyl sites for hydroxylation is 1. The molecule has 0 bridgehead atoms. The van der Waals surface area contributed by atoms with Crippen LogP contribution in [0.2, 0.25) is 0 Å². The molecule has 1 aromatic rings. The van der Waals surface area contributed by atoms with Gasteiger partial charge in [0.15, 0.2) is 0 Å². The molecule has 0 aromatic heterocycles. The highest BCUT2D eigenvalue weighted by Gasteiger charge is 2.31. The fourth-order valence-corrected chi connectivity index (χ4v) is 2.22. The lowest BCUT2D eigenvalue weighted by atomic mass is 10.0. The van der Waals surface area contributed by atoms with Crippen molar-refractivity contribution in [3.05, 3.63) is 23.8 Å². The van der Waals surface area contributed by atoms with Crippen molar-refractivity contribution < 1.29 is 4.74 Å². The van der Waals surface area contributed by atoms with Crippen LogP contribution in [0.25, 0.3) is 0 Å². The summed E-state index contributed by atoms with van der Waals surface area (Å²) in [5.41, 5.74) is 9.29. The van der Waals surface area contributed by atoms with Crippen molar-refractivity contribution in [2.45, 2.75) is 26.3 Å². The van der Waals surface area contributed by atoms with Gasteiger partial charge in [-0.15, -0.1) is 0 Å². The zero-order chi connectivity index (χ0) is 11.8. The third-order valence-corrected chi connectivity index (χ3v) is 3.12. The Morgan fingerprint density at radius 1 is 1.38 bits per heavy atom. The van der Waals surface area contributed by atoms with E-state index >= 15 is 0 Å². The van der Waals surface area contributed by atoms with Gasteiger partial charge in [-0.2, -0.15) is 0 Å². The Labute approximate surface area is 97.2 Å². The summed E-state index contributed by atoms with van der Waals surface area (Å²) in [5, 5.41) is 0. The Morgan fingerprint density at radius 2 is 2.12 bits per heavy atom. The van der Waals surface area contributed by atoms with Crippen molar-refractivity contribution >= 4 is 11.4 Å². The maximum absolute atomic E-state index is 6.09. The topological polar surface area (TPSA) is 38.5 Å². The summed E-state index contributed by atoms with van der Waals surface area (Å²) in [6.07, 6.45) is 0. The van der Waals surface area contributed by atoms with E-state index in [4.69, 9.17) is 10.5 Å². The fraction of sp³-hybridized carbons (Fsp3) is 0.538. The summed E-state index contributed by atoms with van der Waals surface area (Å²) >= 11 is 0. The Balaban J connectivity index is 2.35. The quantitative estimate of drug-likeness (QED) is 0.737. The third-order valence-electron chi connectivity index (χ3n) is 3.12. The van der Waals surface area contributed by atoms with E-state index in [1.807, 2.05) is 6.07 Å². The van der Waals surface area contributed by atoms with Crippen molar-refractivity contribution in [2.24, 2.45) is 0 Å². The largest absolute Gasteiger partial charge is 0.397 e. The number of nitrogen functional groups attached to an aromatic ring is 1. The van der Waals surface area contributed by atoms with E-state index in [9.17, 15) is 0 Å². The van der Waals surface area contributed by atoms with Crippen LogP contribution >= 0.6 is 0 Å². The molecule has 1 fully saturated rings. The number of morpholine rings is 1. The standard InChI is InChI=1S/C13H20N2O/c1-10-4-5-12(11(14)8-10)15-6-7-16-9-13(15,2)3/h4-5,8H,6-7,9,14H2,1-3H3. The second-order valence-electron chi connectivity index (χ2n) is 5.08. The van der Waals surface area contributed by atoms with Crippen LogP contribution in [0.1, 0.15) is 19.4 Å². The van der Waals surface area contributed by atoms with Gasteiger partial charge in [0.25, 0.3) is 0 Å². The SMILES string of the molecule is Cc1ccc(N2CCOCC2(C)C)c(N)c1. The molecule has 2 N–H and O–H groups in total. The molecule has 0 spiro atoms. The van der Waals surface area contributed by atoms with Crippen molar-refractivity contribution in [1.82, 2.24) is 0 Å². The minimum absolute atomic E-state index is 0.0155. The molecular weight excluding hydrogens is 200 g/mol. The number of nitrogens with zero attached hydrogens (tertiary/aromatic N) is 1. The molecule has 88 valence electrons. The van der Waals surface area contributed by atoms with Gasteiger partial charge in [-0.25, -0.2) is 0 Å². The molecule has 0 amide bonds. The molecule has 16 heavy (non-hydrogen) atoms. The molecule has 0 aliphatic carbocycles. The van der Waals surface area contributed by atoms with Crippen LogP contribution in [0.15, 0.2) is 18.2 Å². The number of rotatable bonds is 1. The molecule has 3 nitrogen and oxygen atoms in total. The van der Waals surface area contributed by atoms with Crippen molar-refractivity contribution in [3.8, 4) is 0 Å². The molecule has 1 heterocycles. The van der Waals surface area contributed by atoms with Gasteiger partial charge >= 0.3 is 0 Å². The van der Waals surface area contributed by atoms with Crippen LogP contribution in [0.5, 0.6) is 0 Å². The second kappa shape index (κ2) is 3.98. The highest BCUT2D eigenvalue weighted by Crippen LogP contribution is 2.31. The van der Waals surface area contributed by atoms with E-state index in [0.717, 1.165) is 31.1 Å². The minimum atomic E-state index is 0.0155. The molecule has 1 aliphatic rings. The fourth-order valence-electron chi connectivity index (χ4n) is 2.22. The Hall–Kier alpha value is -1.22. The lowest BCUT2D eigenvalue weighted by Crippen LogP contribution is -2.53. The van der Waals surface area contributed by atoms with Crippen molar-refractivity contribution in [1.29, 1.82) is 0 Å². The molecule has 0 atom stereocenters. The Bertz CT molecular complexity index is 388. The average molecular weight is 220 g/mol. The van der Waals surface area contributed by atoms with Crippen LogP contribution in [0.3, 0.4) is 0 Å². The first-order valence-electron chi connectivity index (χ1n) is 5.72. The van der Waals surface area contributed by atoms with Gasteiger partial charge in [0.1, 0.15) is 0 Å². The van der Waals surface area contributed by atoms with E-state index in [-0.39, 0.29) is 5.54 Å². The lowest BCUT2D eigenvalue weighted by Gasteiger charge is -2.44. The number of hydrogen-bond donors (Lipinski definition) is 1. The highest BCUT2D eigenvalue weighted by atomic mass is 16.5. The number of benzene rings is 1. The molecule has 2 rings (SSSR count). The molecule has 3 heteroatoms. The summed E-state index contributed by atoms with van der Waals surface area (Å²) in [6.45, 7) is 8.86. The zero-order valence-electron chi connectivity index (χ0n) is 10.3. The number of ether oxygens (including phenoxy) is 1.